The minimum Gasteiger partial charge on any atom is -0.392 e. The molecule has 1 aromatic heterocycles. The second-order valence-electron chi connectivity index (χ2n) is 5.12. The van der Waals surface area contributed by atoms with E-state index in [2.05, 4.69) is 25.8 Å². The van der Waals surface area contributed by atoms with Gasteiger partial charge in [0.15, 0.2) is 0 Å². The average Bonchev–Trinajstić information content (AvgIpc) is 2.54. The smallest absolute Gasteiger partial charge is 0.0637 e. The molecule has 0 aliphatic carbocycles. The third-order valence-corrected chi connectivity index (χ3v) is 3.93. The van der Waals surface area contributed by atoms with Crippen molar-refractivity contribution < 1.29 is 9.84 Å². The molecule has 0 bridgehead atoms. The zero-order valence-corrected chi connectivity index (χ0v) is 10.7. The second kappa shape index (κ2) is 5.15. The van der Waals surface area contributed by atoms with Gasteiger partial charge in [-0.25, -0.2) is 0 Å². The maximum absolute atomic E-state index is 10.4. The molecule has 3 heteroatoms. The summed E-state index contributed by atoms with van der Waals surface area (Å²) in [5.41, 5.74) is 1.08. The van der Waals surface area contributed by atoms with E-state index in [-0.39, 0.29) is 24.2 Å². The summed E-state index contributed by atoms with van der Waals surface area (Å²) in [6, 6.07) is 3.91. The number of ether oxygens (including phenoxy) is 1. The summed E-state index contributed by atoms with van der Waals surface area (Å²) in [6.45, 7) is 6.29. The molecule has 3 nitrogen and oxygen atoms in total. The van der Waals surface area contributed by atoms with E-state index in [4.69, 9.17) is 4.74 Å². The summed E-state index contributed by atoms with van der Waals surface area (Å²) in [7, 11) is 0. The lowest BCUT2D eigenvalue weighted by Crippen LogP contribution is -2.32. The van der Waals surface area contributed by atoms with Gasteiger partial charge in [0, 0.05) is 24.7 Å². The van der Waals surface area contributed by atoms with Gasteiger partial charge in [0.05, 0.1) is 18.3 Å². The van der Waals surface area contributed by atoms with Gasteiger partial charge in [0.25, 0.3) is 0 Å². The van der Waals surface area contributed by atoms with Gasteiger partial charge in [0.2, 0.25) is 0 Å². The Bertz CT molecular complexity index is 354. The van der Waals surface area contributed by atoms with Crippen LogP contribution in [0.1, 0.15) is 26.3 Å². The van der Waals surface area contributed by atoms with Crippen molar-refractivity contribution in [3.05, 3.63) is 30.1 Å². The SMILES string of the molecule is CC1OC(C)C(C(O)Cc2cccnc2)C1C. The number of aromatic nitrogens is 1. The minimum atomic E-state index is -0.353. The molecule has 0 amide bonds. The van der Waals surface area contributed by atoms with Crippen LogP contribution in [0.5, 0.6) is 0 Å². The number of hydrogen-bond donors (Lipinski definition) is 1. The zero-order chi connectivity index (χ0) is 12.4. The van der Waals surface area contributed by atoms with Crippen molar-refractivity contribution in [2.45, 2.75) is 45.5 Å². The maximum Gasteiger partial charge on any atom is 0.0637 e. The van der Waals surface area contributed by atoms with Gasteiger partial charge in [-0.1, -0.05) is 13.0 Å². The number of rotatable bonds is 3. The first-order valence-corrected chi connectivity index (χ1v) is 6.32. The number of aliphatic hydroxyl groups excluding tert-OH is 1. The lowest BCUT2D eigenvalue weighted by atomic mass is 9.83. The summed E-state index contributed by atoms with van der Waals surface area (Å²) in [5.74, 6) is 0.613. The Morgan fingerprint density at radius 1 is 1.35 bits per heavy atom. The molecule has 2 heterocycles. The first-order valence-electron chi connectivity index (χ1n) is 6.32. The topological polar surface area (TPSA) is 42.4 Å². The Balaban J connectivity index is 2.03. The Morgan fingerprint density at radius 3 is 2.65 bits per heavy atom. The van der Waals surface area contributed by atoms with Gasteiger partial charge in [-0.15, -0.1) is 0 Å². The summed E-state index contributed by atoms with van der Waals surface area (Å²) in [5, 5.41) is 10.4. The monoisotopic (exact) mass is 235 g/mol. The van der Waals surface area contributed by atoms with Crippen LogP contribution >= 0.6 is 0 Å². The largest absolute Gasteiger partial charge is 0.392 e. The Hall–Kier alpha value is -0.930. The second-order valence-corrected chi connectivity index (χ2v) is 5.12. The molecule has 1 aliphatic rings. The van der Waals surface area contributed by atoms with Crippen LogP contribution in [0.25, 0.3) is 0 Å². The summed E-state index contributed by atoms with van der Waals surface area (Å²) in [6.07, 6.45) is 4.24. The fourth-order valence-electron chi connectivity index (χ4n) is 2.85. The summed E-state index contributed by atoms with van der Waals surface area (Å²) < 4.78 is 5.77. The van der Waals surface area contributed by atoms with Crippen molar-refractivity contribution in [3.63, 3.8) is 0 Å². The highest BCUT2D eigenvalue weighted by atomic mass is 16.5. The first-order chi connectivity index (χ1) is 8.09. The molecule has 94 valence electrons. The molecule has 1 N–H and O–H groups in total. The third-order valence-electron chi connectivity index (χ3n) is 3.93. The average molecular weight is 235 g/mol. The van der Waals surface area contributed by atoms with Gasteiger partial charge in [0.1, 0.15) is 0 Å². The van der Waals surface area contributed by atoms with Crippen molar-refractivity contribution in [3.8, 4) is 0 Å². The van der Waals surface area contributed by atoms with E-state index in [1.54, 1.807) is 6.20 Å². The van der Waals surface area contributed by atoms with Crippen molar-refractivity contribution in [2.75, 3.05) is 0 Å². The molecule has 0 saturated carbocycles. The van der Waals surface area contributed by atoms with Crippen LogP contribution in [-0.2, 0) is 11.2 Å². The normalized spacial score (nSPS) is 34.8. The van der Waals surface area contributed by atoms with Crippen molar-refractivity contribution in [1.82, 2.24) is 4.98 Å². The summed E-state index contributed by atoms with van der Waals surface area (Å²) in [4.78, 5) is 4.07. The van der Waals surface area contributed by atoms with Crippen molar-refractivity contribution in [2.24, 2.45) is 11.8 Å². The van der Waals surface area contributed by atoms with Crippen LogP contribution in [0.4, 0.5) is 0 Å². The zero-order valence-electron chi connectivity index (χ0n) is 10.7. The number of hydrogen-bond acceptors (Lipinski definition) is 3. The summed E-state index contributed by atoms with van der Waals surface area (Å²) >= 11 is 0. The van der Waals surface area contributed by atoms with Crippen molar-refractivity contribution in [1.29, 1.82) is 0 Å². The Morgan fingerprint density at radius 2 is 2.12 bits per heavy atom. The quantitative estimate of drug-likeness (QED) is 0.872. The molecule has 1 aliphatic heterocycles. The number of nitrogens with zero attached hydrogens (tertiary/aromatic N) is 1. The predicted octanol–water partition coefficient (Wildman–Crippen LogP) is 2.04. The Labute approximate surface area is 103 Å². The highest BCUT2D eigenvalue weighted by Crippen LogP contribution is 2.35. The van der Waals surface area contributed by atoms with Crippen LogP contribution in [0, 0.1) is 11.8 Å². The Kier molecular flexibility index (Phi) is 3.79. The van der Waals surface area contributed by atoms with E-state index < -0.39 is 0 Å². The lowest BCUT2D eigenvalue weighted by Gasteiger charge is -2.24. The van der Waals surface area contributed by atoms with Crippen LogP contribution in [0.3, 0.4) is 0 Å². The van der Waals surface area contributed by atoms with E-state index in [1.165, 1.54) is 0 Å². The fourth-order valence-corrected chi connectivity index (χ4v) is 2.85. The highest BCUT2D eigenvalue weighted by Gasteiger charge is 2.40. The fraction of sp³-hybridized carbons (Fsp3) is 0.643. The highest BCUT2D eigenvalue weighted by molar-refractivity contribution is 5.10. The molecule has 5 atom stereocenters. The maximum atomic E-state index is 10.4. The van der Waals surface area contributed by atoms with Crippen LogP contribution in [0.2, 0.25) is 0 Å². The van der Waals surface area contributed by atoms with E-state index >= 15 is 0 Å². The van der Waals surface area contributed by atoms with Crippen LogP contribution < -0.4 is 0 Å². The van der Waals surface area contributed by atoms with Gasteiger partial charge in [-0.05, 0) is 31.4 Å². The molecule has 5 unspecified atom stereocenters. The van der Waals surface area contributed by atoms with E-state index in [1.807, 2.05) is 18.3 Å². The van der Waals surface area contributed by atoms with Crippen LogP contribution in [-0.4, -0.2) is 28.4 Å². The standard InChI is InChI=1S/C14H21NO2/c1-9-10(2)17-11(3)14(9)13(16)7-12-5-4-6-15-8-12/h4-6,8-11,13-14,16H,7H2,1-3H3. The lowest BCUT2D eigenvalue weighted by molar-refractivity contribution is 0.0239. The molecule has 0 spiro atoms. The molecule has 2 rings (SSSR count). The molecule has 17 heavy (non-hydrogen) atoms. The first kappa shape index (κ1) is 12.5. The third kappa shape index (κ3) is 2.67. The van der Waals surface area contributed by atoms with E-state index in [9.17, 15) is 5.11 Å². The molecular weight excluding hydrogens is 214 g/mol. The molecule has 1 aromatic rings. The molecule has 0 radical (unpaired) electrons. The predicted molar refractivity (Wildman–Crippen MR) is 66.6 cm³/mol. The number of pyridine rings is 1. The molecule has 0 aromatic carbocycles. The van der Waals surface area contributed by atoms with Gasteiger partial charge < -0.3 is 9.84 Å². The van der Waals surface area contributed by atoms with Gasteiger partial charge in [-0.2, -0.15) is 0 Å². The minimum absolute atomic E-state index is 0.131. The molecule has 1 fully saturated rings. The number of aliphatic hydroxyl groups is 1. The molecular formula is C14H21NO2. The van der Waals surface area contributed by atoms with Crippen molar-refractivity contribution >= 4 is 0 Å². The molecule has 1 saturated heterocycles. The van der Waals surface area contributed by atoms with Crippen LogP contribution in [0.15, 0.2) is 24.5 Å². The van der Waals surface area contributed by atoms with Gasteiger partial charge in [-0.3, -0.25) is 4.98 Å². The van der Waals surface area contributed by atoms with E-state index in [0.29, 0.717) is 12.3 Å². The van der Waals surface area contributed by atoms with E-state index in [0.717, 1.165) is 5.56 Å². The van der Waals surface area contributed by atoms with Gasteiger partial charge >= 0.3 is 0 Å².